The summed E-state index contributed by atoms with van der Waals surface area (Å²) in [5, 5.41) is 1.15. The molecular formula is C45H46Cl2N6O6. The lowest BCUT2D eigenvalue weighted by atomic mass is 10.1. The number of rotatable bonds is 15. The normalized spacial score (nSPS) is 14.4. The smallest absolute Gasteiger partial charge is 0.258 e. The molecule has 0 saturated carbocycles. The quantitative estimate of drug-likeness (QED) is 0.103. The zero-order valence-electron chi connectivity index (χ0n) is 33.0. The van der Waals surface area contributed by atoms with E-state index in [1.54, 1.807) is 70.3 Å². The van der Waals surface area contributed by atoms with Crippen molar-refractivity contribution in [3.63, 3.8) is 0 Å². The Kier molecular flexibility index (Phi) is 14.0. The van der Waals surface area contributed by atoms with Gasteiger partial charge >= 0.3 is 0 Å². The lowest BCUT2D eigenvalue weighted by Gasteiger charge is -2.38. The topological polar surface area (TPSA) is 113 Å². The molecular weight excluding hydrogens is 791 g/mol. The van der Waals surface area contributed by atoms with Crippen LogP contribution in [-0.2, 0) is 13.2 Å². The Labute approximate surface area is 353 Å². The molecule has 2 aliphatic rings. The lowest BCUT2D eigenvalue weighted by Crippen LogP contribution is -2.53. The van der Waals surface area contributed by atoms with E-state index in [0.717, 1.165) is 80.0 Å². The molecule has 306 valence electrons. The monoisotopic (exact) mass is 836 g/mol. The van der Waals surface area contributed by atoms with Crippen LogP contribution in [0.2, 0.25) is 10.0 Å². The maximum atomic E-state index is 12.5. The van der Waals surface area contributed by atoms with E-state index in [1.165, 1.54) is 12.1 Å². The molecule has 0 atom stereocenters. The fraction of sp³-hybridized carbons (Fsp3) is 0.289. The van der Waals surface area contributed by atoms with Gasteiger partial charge in [0.05, 0.1) is 21.4 Å². The van der Waals surface area contributed by atoms with E-state index < -0.39 is 0 Å². The zero-order chi connectivity index (χ0) is 41.1. The number of halogens is 2. The predicted molar refractivity (Wildman–Crippen MR) is 229 cm³/mol. The second-order valence-corrected chi connectivity index (χ2v) is 15.1. The number of aromatic nitrogens is 4. The van der Waals surface area contributed by atoms with Crippen LogP contribution in [0.15, 0.2) is 131 Å². The summed E-state index contributed by atoms with van der Waals surface area (Å²) >= 11 is 11.7. The summed E-state index contributed by atoms with van der Waals surface area (Å²) in [6.45, 7) is 10.9. The Bertz CT molecular complexity index is 2380. The van der Waals surface area contributed by atoms with Crippen LogP contribution < -0.4 is 30.1 Å². The molecule has 2 aliphatic heterocycles. The SMILES string of the molecule is CCCN1CC(Oc2ccc(-n3ccc(OCc4ccc(Cl)cn4)cc3=O)cc2)C1.CCN1CC(Oc2ccc(-n3ccc(OCc4ccc(Cl)cn4)cc3=O)cc2)C1. The Morgan fingerprint density at radius 1 is 0.576 bits per heavy atom. The molecule has 2 aromatic carbocycles. The first kappa shape index (κ1) is 41.5. The molecule has 12 nitrogen and oxygen atoms in total. The molecule has 2 saturated heterocycles. The van der Waals surface area contributed by atoms with Gasteiger partial charge in [-0.2, -0.15) is 0 Å². The summed E-state index contributed by atoms with van der Waals surface area (Å²) in [5.74, 6) is 2.63. The van der Waals surface area contributed by atoms with Crippen molar-refractivity contribution >= 4 is 23.2 Å². The predicted octanol–water partition coefficient (Wildman–Crippen LogP) is 7.49. The Morgan fingerprint density at radius 2 is 1.02 bits per heavy atom. The van der Waals surface area contributed by atoms with E-state index in [4.69, 9.17) is 42.1 Å². The average molecular weight is 838 g/mol. The van der Waals surface area contributed by atoms with Crippen LogP contribution >= 0.6 is 23.2 Å². The van der Waals surface area contributed by atoms with Crippen molar-refractivity contribution < 1.29 is 18.9 Å². The molecule has 8 rings (SSSR count). The van der Waals surface area contributed by atoms with Crippen LogP contribution in [0.1, 0.15) is 31.7 Å². The summed E-state index contributed by atoms with van der Waals surface area (Å²) < 4.78 is 26.4. The number of ether oxygens (including phenoxy) is 4. The maximum Gasteiger partial charge on any atom is 0.258 e. The third-order valence-corrected chi connectivity index (χ3v) is 10.2. The van der Waals surface area contributed by atoms with Gasteiger partial charge in [-0.15, -0.1) is 0 Å². The van der Waals surface area contributed by atoms with Crippen LogP contribution in [0.3, 0.4) is 0 Å². The second-order valence-electron chi connectivity index (χ2n) is 14.2. The van der Waals surface area contributed by atoms with Gasteiger partial charge < -0.3 is 18.9 Å². The van der Waals surface area contributed by atoms with E-state index in [-0.39, 0.29) is 36.5 Å². The summed E-state index contributed by atoms with van der Waals surface area (Å²) in [4.78, 5) is 38.1. The van der Waals surface area contributed by atoms with Crippen molar-refractivity contribution in [3.8, 4) is 34.4 Å². The third-order valence-electron chi connectivity index (χ3n) is 9.80. The minimum atomic E-state index is -0.169. The second kappa shape index (κ2) is 19.9. The minimum absolute atomic E-state index is 0.167. The molecule has 0 amide bonds. The highest BCUT2D eigenvalue weighted by molar-refractivity contribution is 6.30. The molecule has 0 spiro atoms. The van der Waals surface area contributed by atoms with Gasteiger partial charge in [0.25, 0.3) is 11.1 Å². The van der Waals surface area contributed by atoms with Crippen molar-refractivity contribution in [3.05, 3.63) is 164 Å². The first-order valence-corrected chi connectivity index (χ1v) is 20.4. The molecule has 2 fully saturated rings. The van der Waals surface area contributed by atoms with Crippen LogP contribution in [0.4, 0.5) is 0 Å². The summed E-state index contributed by atoms with van der Waals surface area (Å²) in [5.41, 5.74) is 2.69. The van der Waals surface area contributed by atoms with Gasteiger partial charge in [-0.25, -0.2) is 0 Å². The van der Waals surface area contributed by atoms with Crippen LogP contribution in [-0.4, -0.2) is 80.4 Å². The Balaban J connectivity index is 0.000000179. The zero-order valence-corrected chi connectivity index (χ0v) is 34.5. The molecule has 6 aromatic rings. The van der Waals surface area contributed by atoms with Gasteiger partial charge in [-0.05, 0) is 104 Å². The molecule has 0 aliphatic carbocycles. The average Bonchev–Trinajstić information content (AvgIpc) is 3.22. The maximum absolute atomic E-state index is 12.5. The van der Waals surface area contributed by atoms with E-state index in [1.807, 2.05) is 48.5 Å². The van der Waals surface area contributed by atoms with Crippen molar-refractivity contribution in [1.82, 2.24) is 28.9 Å². The number of nitrogens with zero attached hydrogens (tertiary/aromatic N) is 6. The van der Waals surface area contributed by atoms with Gasteiger partial charge in [0.1, 0.15) is 48.4 Å². The molecule has 0 N–H and O–H groups in total. The van der Waals surface area contributed by atoms with E-state index in [0.29, 0.717) is 21.5 Å². The first-order chi connectivity index (χ1) is 28.7. The van der Waals surface area contributed by atoms with Gasteiger partial charge in [0.2, 0.25) is 0 Å². The molecule has 14 heteroatoms. The Morgan fingerprint density at radius 3 is 1.39 bits per heavy atom. The first-order valence-electron chi connectivity index (χ1n) is 19.6. The van der Waals surface area contributed by atoms with E-state index in [9.17, 15) is 9.59 Å². The molecule has 4 aromatic heterocycles. The van der Waals surface area contributed by atoms with Gasteiger partial charge in [0.15, 0.2) is 0 Å². The number of pyridine rings is 4. The van der Waals surface area contributed by atoms with Crippen LogP contribution in [0.25, 0.3) is 11.4 Å². The largest absolute Gasteiger partial charge is 0.488 e. The Hall–Kier alpha value is -5.66. The van der Waals surface area contributed by atoms with Gasteiger partial charge in [-0.3, -0.25) is 38.5 Å². The number of hydrogen-bond acceptors (Lipinski definition) is 10. The number of benzene rings is 2. The third kappa shape index (κ3) is 11.5. The highest BCUT2D eigenvalue weighted by Gasteiger charge is 2.28. The van der Waals surface area contributed by atoms with E-state index >= 15 is 0 Å². The summed E-state index contributed by atoms with van der Waals surface area (Å²) in [6.07, 6.45) is 8.20. The standard InChI is InChI=1S/C23H24ClN3O3.C22H22ClN3O3/c1-2-10-26-14-22(15-26)30-20-7-5-19(6-8-20)27-11-9-21(12-23(27)28)29-16-18-4-3-17(24)13-25-18;1-2-25-13-21(14-25)29-19-7-5-18(6-8-19)26-10-9-20(11-22(26)27)28-15-17-4-3-16(23)12-24-17/h3-9,11-13,22H,2,10,14-16H2,1H3;3-12,21H,2,13-15H2,1H3. The molecule has 6 heterocycles. The molecule has 0 bridgehead atoms. The van der Waals surface area contributed by atoms with Crippen LogP contribution in [0.5, 0.6) is 23.0 Å². The van der Waals surface area contributed by atoms with Crippen molar-refractivity contribution in [1.29, 1.82) is 0 Å². The lowest BCUT2D eigenvalue weighted by molar-refractivity contribution is 0.0202. The highest BCUT2D eigenvalue weighted by atomic mass is 35.5. The van der Waals surface area contributed by atoms with Crippen molar-refractivity contribution in [2.75, 3.05) is 39.3 Å². The fourth-order valence-corrected chi connectivity index (χ4v) is 6.76. The summed E-state index contributed by atoms with van der Waals surface area (Å²) in [6, 6.07) is 28.7. The summed E-state index contributed by atoms with van der Waals surface area (Å²) in [7, 11) is 0. The number of likely N-dealkylation sites (tertiary alicyclic amines) is 2. The van der Waals surface area contributed by atoms with Crippen molar-refractivity contribution in [2.45, 2.75) is 45.7 Å². The molecule has 59 heavy (non-hydrogen) atoms. The van der Waals surface area contributed by atoms with Crippen LogP contribution in [0, 0.1) is 0 Å². The van der Waals surface area contributed by atoms with E-state index in [2.05, 4.69) is 33.6 Å². The number of likely N-dealkylation sites (N-methyl/N-ethyl adjacent to an activating group) is 1. The van der Waals surface area contributed by atoms with Gasteiger partial charge in [0, 0.05) is 74.5 Å². The fourth-order valence-electron chi connectivity index (χ4n) is 6.53. The molecule has 0 radical (unpaired) electrons. The minimum Gasteiger partial charge on any atom is -0.488 e. The molecule has 0 unspecified atom stereocenters. The van der Waals surface area contributed by atoms with Crippen molar-refractivity contribution in [2.24, 2.45) is 0 Å². The van der Waals surface area contributed by atoms with Gasteiger partial charge in [-0.1, -0.05) is 37.0 Å². The number of hydrogen-bond donors (Lipinski definition) is 0. The highest BCUT2D eigenvalue weighted by Crippen LogP contribution is 2.22.